The average Bonchev–Trinajstić information content (AvgIpc) is 3.03. The summed E-state index contributed by atoms with van der Waals surface area (Å²) in [5.74, 6) is 0.451. The molecule has 0 aliphatic carbocycles. The van der Waals surface area contributed by atoms with Gasteiger partial charge in [0.05, 0.1) is 15.9 Å². The number of aromatic nitrogens is 2. The van der Waals surface area contributed by atoms with Crippen molar-refractivity contribution in [1.82, 2.24) is 19.6 Å². The van der Waals surface area contributed by atoms with Gasteiger partial charge in [0.15, 0.2) is 0 Å². The number of nitrogens with zero attached hydrogens (tertiary/aromatic N) is 2. The number of imidazole rings is 1. The minimum atomic E-state index is -3.95. The fourth-order valence-corrected chi connectivity index (χ4v) is 4.07. The van der Waals surface area contributed by atoms with Gasteiger partial charge in [-0.3, -0.25) is 0 Å². The molecular weight excluding hydrogens is 430 g/mol. The Morgan fingerprint density at radius 1 is 1.16 bits per heavy atom. The first-order valence-electron chi connectivity index (χ1n) is 9.82. The van der Waals surface area contributed by atoms with Crippen LogP contribution in [0.25, 0.3) is 11.0 Å². The maximum absolute atomic E-state index is 13.7. The molecule has 0 saturated heterocycles. The van der Waals surface area contributed by atoms with E-state index in [2.05, 4.69) is 17.2 Å². The molecule has 1 aromatic heterocycles. The Labute approximate surface area is 203 Å². The van der Waals surface area contributed by atoms with Crippen molar-refractivity contribution in [3.8, 4) is 0 Å². The van der Waals surface area contributed by atoms with E-state index in [4.69, 9.17) is 0 Å². The Bertz CT molecular complexity index is 1150. The van der Waals surface area contributed by atoms with Crippen molar-refractivity contribution >= 4 is 56.6 Å². The number of unbranched alkanes of at least 4 members (excludes halogenated alkanes) is 1. The number of carbonyl (C=O) groups excluding carboxylic acids is 1. The summed E-state index contributed by atoms with van der Waals surface area (Å²) in [5.41, 5.74) is 2.26. The standard InChI is InChI=1S/C21H25FN4O3S.Na.H/c1-3-4-5-20-24-18-11-8-16(22)14-19(18)26(20)13-12-23-21(27)25-30(28,29)17-9-6-15(2)7-10-17;;/h6-11,14H,3-5,12-13H2,1-2H3,(H2,23,25,27);;. The van der Waals surface area contributed by atoms with Gasteiger partial charge in [-0.05, 0) is 43.7 Å². The van der Waals surface area contributed by atoms with Crippen LogP contribution in [0.3, 0.4) is 0 Å². The van der Waals surface area contributed by atoms with Crippen molar-refractivity contribution in [1.29, 1.82) is 0 Å². The number of aryl methyl sites for hydroxylation is 2. The molecule has 0 aliphatic heterocycles. The monoisotopic (exact) mass is 456 g/mol. The fraction of sp³-hybridized carbons (Fsp3) is 0.333. The van der Waals surface area contributed by atoms with Crippen molar-refractivity contribution in [3.05, 3.63) is 59.7 Å². The van der Waals surface area contributed by atoms with Crippen molar-refractivity contribution in [2.75, 3.05) is 6.54 Å². The van der Waals surface area contributed by atoms with Crippen LogP contribution in [0.2, 0.25) is 0 Å². The van der Waals surface area contributed by atoms with Gasteiger partial charge in [0.2, 0.25) is 0 Å². The summed E-state index contributed by atoms with van der Waals surface area (Å²) in [4.78, 5) is 16.7. The number of carbonyl (C=O) groups is 1. The van der Waals surface area contributed by atoms with E-state index >= 15 is 0 Å². The first-order chi connectivity index (χ1) is 14.3. The summed E-state index contributed by atoms with van der Waals surface area (Å²) in [5, 5.41) is 2.55. The van der Waals surface area contributed by atoms with E-state index in [0.29, 0.717) is 17.6 Å². The van der Waals surface area contributed by atoms with Crippen molar-refractivity contribution < 1.29 is 17.6 Å². The Morgan fingerprint density at radius 3 is 2.55 bits per heavy atom. The molecule has 2 amide bonds. The number of nitrogens with one attached hydrogen (secondary N) is 2. The molecule has 31 heavy (non-hydrogen) atoms. The predicted molar refractivity (Wildman–Crippen MR) is 120 cm³/mol. The SMILES string of the molecule is CCCCc1nc2ccc(F)cc2n1CCNC(=O)NS(=O)(=O)c1ccc(C)cc1.[NaH]. The second kappa shape index (κ2) is 11.1. The molecule has 0 radical (unpaired) electrons. The molecule has 10 heteroatoms. The summed E-state index contributed by atoms with van der Waals surface area (Å²) in [6.45, 7) is 4.43. The second-order valence-corrected chi connectivity index (χ2v) is 8.77. The van der Waals surface area contributed by atoms with Crippen LogP contribution in [0.4, 0.5) is 9.18 Å². The summed E-state index contributed by atoms with van der Waals surface area (Å²) >= 11 is 0. The summed E-state index contributed by atoms with van der Waals surface area (Å²) < 4.78 is 42.2. The quantitative estimate of drug-likeness (QED) is 0.510. The van der Waals surface area contributed by atoms with Crippen molar-refractivity contribution in [2.24, 2.45) is 0 Å². The van der Waals surface area contributed by atoms with Gasteiger partial charge >= 0.3 is 35.6 Å². The molecule has 2 aromatic carbocycles. The Hall–Kier alpha value is -1.94. The number of benzene rings is 2. The summed E-state index contributed by atoms with van der Waals surface area (Å²) in [7, 11) is -3.95. The van der Waals surface area contributed by atoms with Crippen molar-refractivity contribution in [3.63, 3.8) is 0 Å². The van der Waals surface area contributed by atoms with Gasteiger partial charge in [0.25, 0.3) is 10.0 Å². The van der Waals surface area contributed by atoms with Gasteiger partial charge in [-0.25, -0.2) is 27.3 Å². The van der Waals surface area contributed by atoms with Crippen LogP contribution in [0, 0.1) is 12.7 Å². The zero-order chi connectivity index (χ0) is 21.7. The number of amides is 2. The molecule has 0 atom stereocenters. The third kappa shape index (κ3) is 6.52. The molecule has 0 unspecified atom stereocenters. The van der Waals surface area contributed by atoms with E-state index in [1.165, 1.54) is 24.3 Å². The minimum absolute atomic E-state index is 0. The molecule has 7 nitrogen and oxygen atoms in total. The molecule has 0 fully saturated rings. The molecule has 0 bridgehead atoms. The predicted octanol–water partition coefficient (Wildman–Crippen LogP) is 2.87. The van der Waals surface area contributed by atoms with Crippen LogP contribution >= 0.6 is 0 Å². The first-order valence-corrected chi connectivity index (χ1v) is 11.3. The second-order valence-electron chi connectivity index (χ2n) is 7.09. The van der Waals surface area contributed by atoms with Crippen LogP contribution in [-0.4, -0.2) is 60.1 Å². The molecule has 0 aliphatic rings. The van der Waals surface area contributed by atoms with Gasteiger partial charge in [0, 0.05) is 19.5 Å². The van der Waals surface area contributed by atoms with E-state index in [1.807, 2.05) is 16.2 Å². The topological polar surface area (TPSA) is 93.1 Å². The van der Waals surface area contributed by atoms with Crippen LogP contribution < -0.4 is 10.0 Å². The number of urea groups is 1. The molecule has 3 rings (SSSR count). The fourth-order valence-electron chi connectivity index (χ4n) is 3.14. The summed E-state index contributed by atoms with van der Waals surface area (Å²) in [6, 6.07) is 9.80. The van der Waals surface area contributed by atoms with Crippen LogP contribution in [0.5, 0.6) is 0 Å². The molecule has 0 saturated carbocycles. The van der Waals surface area contributed by atoms with Crippen LogP contribution in [0.15, 0.2) is 47.4 Å². The van der Waals surface area contributed by atoms with Gasteiger partial charge in [-0.15, -0.1) is 0 Å². The number of halogens is 1. The van der Waals surface area contributed by atoms with Crippen LogP contribution in [-0.2, 0) is 23.0 Å². The van der Waals surface area contributed by atoms with E-state index in [-0.39, 0.29) is 46.8 Å². The van der Waals surface area contributed by atoms with E-state index in [9.17, 15) is 17.6 Å². The zero-order valence-electron chi connectivity index (χ0n) is 17.0. The molecule has 162 valence electrons. The molecule has 3 aromatic rings. The molecular formula is C21H26FN4NaO3S. The Morgan fingerprint density at radius 2 is 1.87 bits per heavy atom. The zero-order valence-corrected chi connectivity index (χ0v) is 17.8. The molecule has 1 heterocycles. The molecule has 0 spiro atoms. The maximum atomic E-state index is 13.7. The Kier molecular flexibility index (Phi) is 9.05. The third-order valence-electron chi connectivity index (χ3n) is 4.72. The van der Waals surface area contributed by atoms with E-state index < -0.39 is 16.1 Å². The summed E-state index contributed by atoms with van der Waals surface area (Å²) in [6.07, 6.45) is 2.67. The average molecular weight is 457 g/mol. The molecule has 2 N–H and O–H groups in total. The van der Waals surface area contributed by atoms with Crippen molar-refractivity contribution in [2.45, 2.75) is 44.6 Å². The van der Waals surface area contributed by atoms with Gasteiger partial charge in [0.1, 0.15) is 11.6 Å². The third-order valence-corrected chi connectivity index (χ3v) is 6.07. The number of fused-ring (bicyclic) bond motifs is 1. The van der Waals surface area contributed by atoms with Gasteiger partial charge in [-0.2, -0.15) is 0 Å². The first kappa shape index (κ1) is 25.3. The number of hydrogen-bond acceptors (Lipinski definition) is 4. The van der Waals surface area contributed by atoms with E-state index in [1.54, 1.807) is 18.2 Å². The van der Waals surface area contributed by atoms with E-state index in [0.717, 1.165) is 30.7 Å². The van der Waals surface area contributed by atoms with Gasteiger partial charge in [-0.1, -0.05) is 31.0 Å². The Balaban J connectivity index is 0.00000341. The van der Waals surface area contributed by atoms with Gasteiger partial charge < -0.3 is 9.88 Å². The number of rotatable bonds is 8. The normalized spacial score (nSPS) is 11.2. The number of sulfonamides is 1. The van der Waals surface area contributed by atoms with Crippen LogP contribution in [0.1, 0.15) is 31.2 Å². The number of hydrogen-bond donors (Lipinski definition) is 2.